The van der Waals surface area contributed by atoms with Crippen LogP contribution < -0.4 is 0 Å². The SMILES string of the molecule is CCCCCCCCCC(=O)N1CCC2(CC1)OCCO2. The lowest BCUT2D eigenvalue weighted by atomic mass is 10.0. The second-order valence-electron chi connectivity index (χ2n) is 6.36. The number of amides is 1. The monoisotopic (exact) mass is 297 g/mol. The zero-order valence-electron chi connectivity index (χ0n) is 13.6. The summed E-state index contributed by atoms with van der Waals surface area (Å²) in [6.07, 6.45) is 11.2. The Morgan fingerprint density at radius 2 is 1.52 bits per heavy atom. The Morgan fingerprint density at radius 3 is 2.14 bits per heavy atom. The van der Waals surface area contributed by atoms with Crippen molar-refractivity contribution in [2.45, 2.75) is 76.9 Å². The zero-order valence-corrected chi connectivity index (χ0v) is 13.6. The van der Waals surface area contributed by atoms with Gasteiger partial charge in [-0.3, -0.25) is 4.79 Å². The van der Waals surface area contributed by atoms with Crippen molar-refractivity contribution in [3.05, 3.63) is 0 Å². The molecule has 4 heteroatoms. The maximum atomic E-state index is 12.2. The quantitative estimate of drug-likeness (QED) is 0.644. The van der Waals surface area contributed by atoms with Gasteiger partial charge in [0, 0.05) is 32.4 Å². The summed E-state index contributed by atoms with van der Waals surface area (Å²) in [4.78, 5) is 14.2. The van der Waals surface area contributed by atoms with E-state index in [0.717, 1.165) is 32.4 Å². The van der Waals surface area contributed by atoms with Gasteiger partial charge in [0.1, 0.15) is 0 Å². The van der Waals surface area contributed by atoms with Crippen LogP contribution in [0.3, 0.4) is 0 Å². The molecule has 0 saturated carbocycles. The van der Waals surface area contributed by atoms with Gasteiger partial charge >= 0.3 is 0 Å². The molecule has 2 fully saturated rings. The van der Waals surface area contributed by atoms with Crippen LogP contribution in [0.5, 0.6) is 0 Å². The first-order valence-corrected chi connectivity index (χ1v) is 8.81. The predicted molar refractivity (Wildman–Crippen MR) is 83.1 cm³/mol. The first kappa shape index (κ1) is 16.8. The van der Waals surface area contributed by atoms with Crippen molar-refractivity contribution in [2.75, 3.05) is 26.3 Å². The molecule has 2 heterocycles. The summed E-state index contributed by atoms with van der Waals surface area (Å²) in [5.74, 6) is -0.0489. The van der Waals surface area contributed by atoms with Crippen molar-refractivity contribution in [3.8, 4) is 0 Å². The molecule has 0 aliphatic carbocycles. The minimum absolute atomic E-state index is 0.316. The average Bonchev–Trinajstić information content (AvgIpc) is 2.95. The number of hydrogen-bond acceptors (Lipinski definition) is 3. The van der Waals surface area contributed by atoms with Crippen LogP contribution in [-0.4, -0.2) is 42.9 Å². The molecule has 2 aliphatic heterocycles. The van der Waals surface area contributed by atoms with Crippen LogP contribution in [0.2, 0.25) is 0 Å². The van der Waals surface area contributed by atoms with Gasteiger partial charge in [-0.05, 0) is 6.42 Å². The Balaban J connectivity index is 1.53. The third kappa shape index (κ3) is 5.26. The second kappa shape index (κ2) is 8.74. The van der Waals surface area contributed by atoms with Crippen molar-refractivity contribution in [2.24, 2.45) is 0 Å². The molecule has 1 spiro atoms. The van der Waals surface area contributed by atoms with Crippen molar-refractivity contribution in [3.63, 3.8) is 0 Å². The molecule has 0 radical (unpaired) electrons. The van der Waals surface area contributed by atoms with Crippen LogP contribution in [0.25, 0.3) is 0 Å². The molecule has 2 aliphatic rings. The van der Waals surface area contributed by atoms with Gasteiger partial charge < -0.3 is 14.4 Å². The summed E-state index contributed by atoms with van der Waals surface area (Å²) in [6, 6.07) is 0. The van der Waals surface area contributed by atoms with E-state index in [0.29, 0.717) is 25.5 Å². The van der Waals surface area contributed by atoms with Crippen molar-refractivity contribution >= 4 is 5.91 Å². The second-order valence-corrected chi connectivity index (χ2v) is 6.36. The van der Waals surface area contributed by atoms with Gasteiger partial charge in [-0.2, -0.15) is 0 Å². The highest BCUT2D eigenvalue weighted by Crippen LogP contribution is 2.31. The molecule has 4 nitrogen and oxygen atoms in total. The number of likely N-dealkylation sites (tertiary alicyclic amines) is 1. The molecular weight excluding hydrogens is 266 g/mol. The number of hydrogen-bond donors (Lipinski definition) is 0. The Labute approximate surface area is 129 Å². The fourth-order valence-corrected chi connectivity index (χ4v) is 3.27. The fraction of sp³-hybridized carbons (Fsp3) is 0.941. The smallest absolute Gasteiger partial charge is 0.222 e. The fourth-order valence-electron chi connectivity index (χ4n) is 3.27. The predicted octanol–water partition coefficient (Wildman–Crippen LogP) is 3.49. The summed E-state index contributed by atoms with van der Waals surface area (Å²) in [5, 5.41) is 0. The van der Waals surface area contributed by atoms with Crippen LogP contribution in [0, 0.1) is 0 Å². The highest BCUT2D eigenvalue weighted by Gasteiger charge is 2.40. The third-order valence-corrected chi connectivity index (χ3v) is 4.69. The van der Waals surface area contributed by atoms with E-state index in [1.165, 1.54) is 38.5 Å². The normalized spacial score (nSPS) is 21.1. The first-order valence-electron chi connectivity index (χ1n) is 8.81. The van der Waals surface area contributed by atoms with E-state index in [9.17, 15) is 4.79 Å². The van der Waals surface area contributed by atoms with Crippen LogP contribution in [0.15, 0.2) is 0 Å². The number of nitrogens with zero attached hydrogens (tertiary/aromatic N) is 1. The number of piperidine rings is 1. The Morgan fingerprint density at radius 1 is 0.952 bits per heavy atom. The third-order valence-electron chi connectivity index (χ3n) is 4.69. The minimum atomic E-state index is -0.365. The number of rotatable bonds is 8. The van der Waals surface area contributed by atoms with E-state index in [1.807, 2.05) is 4.90 Å². The first-order chi connectivity index (χ1) is 10.3. The molecule has 122 valence electrons. The molecule has 21 heavy (non-hydrogen) atoms. The molecule has 0 atom stereocenters. The van der Waals surface area contributed by atoms with Crippen LogP contribution in [-0.2, 0) is 14.3 Å². The van der Waals surface area contributed by atoms with Gasteiger partial charge in [-0.25, -0.2) is 0 Å². The highest BCUT2D eigenvalue weighted by molar-refractivity contribution is 5.76. The van der Waals surface area contributed by atoms with E-state index < -0.39 is 0 Å². The summed E-state index contributed by atoms with van der Waals surface area (Å²) in [5.41, 5.74) is 0. The molecular formula is C17H31NO3. The van der Waals surface area contributed by atoms with E-state index in [1.54, 1.807) is 0 Å². The van der Waals surface area contributed by atoms with Crippen LogP contribution in [0.1, 0.15) is 71.1 Å². The van der Waals surface area contributed by atoms with E-state index in [4.69, 9.17) is 9.47 Å². The number of ether oxygens (including phenoxy) is 2. The maximum absolute atomic E-state index is 12.2. The summed E-state index contributed by atoms with van der Waals surface area (Å²) < 4.78 is 11.4. The van der Waals surface area contributed by atoms with Gasteiger partial charge in [-0.1, -0.05) is 45.4 Å². The number of carbonyl (C=O) groups excluding carboxylic acids is 1. The van der Waals surface area contributed by atoms with Gasteiger partial charge in [0.2, 0.25) is 5.91 Å². The molecule has 0 aromatic rings. The summed E-state index contributed by atoms with van der Waals surface area (Å²) in [7, 11) is 0. The maximum Gasteiger partial charge on any atom is 0.222 e. The molecule has 0 aromatic carbocycles. The van der Waals surface area contributed by atoms with Crippen molar-refractivity contribution in [1.29, 1.82) is 0 Å². The average molecular weight is 297 g/mol. The molecule has 1 amide bonds. The minimum Gasteiger partial charge on any atom is -0.347 e. The van der Waals surface area contributed by atoms with Crippen molar-refractivity contribution in [1.82, 2.24) is 4.90 Å². The van der Waals surface area contributed by atoms with Crippen LogP contribution in [0.4, 0.5) is 0 Å². The lowest BCUT2D eigenvalue weighted by Gasteiger charge is -2.37. The molecule has 0 N–H and O–H groups in total. The van der Waals surface area contributed by atoms with E-state index in [2.05, 4.69) is 6.92 Å². The Kier molecular flexibility index (Phi) is 6.97. The number of carbonyl (C=O) groups is 1. The Bertz CT molecular complexity index is 303. The summed E-state index contributed by atoms with van der Waals surface area (Å²) >= 11 is 0. The molecule has 0 unspecified atom stereocenters. The molecule has 2 rings (SSSR count). The summed E-state index contributed by atoms with van der Waals surface area (Å²) in [6.45, 7) is 5.21. The lowest BCUT2D eigenvalue weighted by molar-refractivity contribution is -0.187. The largest absolute Gasteiger partial charge is 0.347 e. The van der Waals surface area contributed by atoms with Gasteiger partial charge in [0.25, 0.3) is 0 Å². The topological polar surface area (TPSA) is 38.8 Å². The lowest BCUT2D eigenvalue weighted by Crippen LogP contribution is -2.47. The molecule has 2 saturated heterocycles. The van der Waals surface area contributed by atoms with Crippen molar-refractivity contribution < 1.29 is 14.3 Å². The zero-order chi connectivity index (χ0) is 15.0. The standard InChI is InChI=1S/C17H31NO3/c1-2-3-4-5-6-7-8-9-16(19)18-12-10-17(11-13-18)20-14-15-21-17/h2-15H2,1H3. The molecule has 0 bridgehead atoms. The van der Waals surface area contributed by atoms with Gasteiger partial charge in [0.15, 0.2) is 5.79 Å². The van der Waals surface area contributed by atoms with Gasteiger partial charge in [-0.15, -0.1) is 0 Å². The molecule has 0 aromatic heterocycles. The van der Waals surface area contributed by atoms with Crippen LogP contribution >= 0.6 is 0 Å². The van der Waals surface area contributed by atoms with Gasteiger partial charge in [0.05, 0.1) is 13.2 Å². The van der Waals surface area contributed by atoms with E-state index >= 15 is 0 Å². The number of unbranched alkanes of at least 4 members (excludes halogenated alkanes) is 6. The highest BCUT2D eigenvalue weighted by atomic mass is 16.7. The Hall–Kier alpha value is -0.610. The van der Waals surface area contributed by atoms with E-state index in [-0.39, 0.29) is 5.79 Å².